The van der Waals surface area contributed by atoms with Crippen molar-refractivity contribution in [2.75, 3.05) is 33.4 Å². The number of likely N-dealkylation sites (N-methyl/N-ethyl adjacent to an activating group) is 1. The van der Waals surface area contributed by atoms with Crippen LogP contribution in [0.4, 0.5) is 0 Å². The van der Waals surface area contributed by atoms with Crippen molar-refractivity contribution in [1.29, 1.82) is 0 Å². The Hall–Kier alpha value is -0.610. The van der Waals surface area contributed by atoms with Gasteiger partial charge in [0, 0.05) is 19.7 Å². The summed E-state index contributed by atoms with van der Waals surface area (Å²) in [7, 11) is 1.96. The second-order valence-corrected chi connectivity index (χ2v) is 5.48. The second-order valence-electron chi connectivity index (χ2n) is 5.48. The SMILES string of the molecule is CCC(C)(CN(C)CCOCC1CC1)C(=O)O. The third-order valence-electron chi connectivity index (χ3n) is 3.58. The molecule has 1 N–H and O–H groups in total. The molecule has 0 amide bonds. The van der Waals surface area contributed by atoms with Gasteiger partial charge in [0.05, 0.1) is 12.0 Å². The highest BCUT2D eigenvalue weighted by Gasteiger charge is 2.32. The Kier molecular flexibility index (Phi) is 5.40. The maximum Gasteiger partial charge on any atom is 0.310 e. The van der Waals surface area contributed by atoms with Crippen molar-refractivity contribution in [1.82, 2.24) is 4.90 Å². The van der Waals surface area contributed by atoms with Crippen molar-refractivity contribution in [3.63, 3.8) is 0 Å². The van der Waals surface area contributed by atoms with Gasteiger partial charge in [0.2, 0.25) is 0 Å². The van der Waals surface area contributed by atoms with Crippen LogP contribution in [0.5, 0.6) is 0 Å². The molecular weight excluding hydrogens is 218 g/mol. The van der Waals surface area contributed by atoms with Crippen LogP contribution in [-0.2, 0) is 9.53 Å². The van der Waals surface area contributed by atoms with Gasteiger partial charge in [-0.05, 0) is 39.2 Å². The molecule has 1 saturated carbocycles. The van der Waals surface area contributed by atoms with Gasteiger partial charge in [-0.1, -0.05) is 6.92 Å². The van der Waals surface area contributed by atoms with E-state index in [1.54, 1.807) is 6.92 Å². The summed E-state index contributed by atoms with van der Waals surface area (Å²) < 4.78 is 5.55. The van der Waals surface area contributed by atoms with Crippen molar-refractivity contribution in [2.45, 2.75) is 33.1 Å². The smallest absolute Gasteiger partial charge is 0.310 e. The number of hydrogen-bond donors (Lipinski definition) is 1. The number of hydrogen-bond acceptors (Lipinski definition) is 3. The largest absolute Gasteiger partial charge is 0.481 e. The van der Waals surface area contributed by atoms with Gasteiger partial charge >= 0.3 is 5.97 Å². The van der Waals surface area contributed by atoms with Crippen molar-refractivity contribution in [2.24, 2.45) is 11.3 Å². The van der Waals surface area contributed by atoms with Crippen LogP contribution in [0.2, 0.25) is 0 Å². The minimum atomic E-state index is -0.717. The molecule has 100 valence electrons. The Bertz CT molecular complexity index is 253. The van der Waals surface area contributed by atoms with Crippen molar-refractivity contribution < 1.29 is 14.6 Å². The first kappa shape index (κ1) is 14.5. The molecule has 17 heavy (non-hydrogen) atoms. The second kappa shape index (κ2) is 6.36. The molecule has 0 aromatic rings. The molecule has 0 bridgehead atoms. The van der Waals surface area contributed by atoms with Crippen molar-refractivity contribution >= 4 is 5.97 Å². The topological polar surface area (TPSA) is 49.8 Å². The predicted molar refractivity (Wildman–Crippen MR) is 67.1 cm³/mol. The Morgan fingerprint density at radius 2 is 2.18 bits per heavy atom. The highest BCUT2D eigenvalue weighted by atomic mass is 16.5. The van der Waals surface area contributed by atoms with E-state index < -0.39 is 11.4 Å². The predicted octanol–water partition coefficient (Wildman–Crippen LogP) is 1.85. The summed E-state index contributed by atoms with van der Waals surface area (Å²) in [6.07, 6.45) is 3.27. The third kappa shape index (κ3) is 5.04. The van der Waals surface area contributed by atoms with E-state index in [2.05, 4.69) is 0 Å². The van der Waals surface area contributed by atoms with Gasteiger partial charge in [-0.2, -0.15) is 0 Å². The Morgan fingerprint density at radius 1 is 1.53 bits per heavy atom. The van der Waals surface area contributed by atoms with Crippen LogP contribution >= 0.6 is 0 Å². The molecule has 0 spiro atoms. The molecule has 0 aromatic heterocycles. The van der Waals surface area contributed by atoms with Gasteiger partial charge in [0.15, 0.2) is 0 Å². The summed E-state index contributed by atoms with van der Waals surface area (Å²) in [5.74, 6) is 0.0750. The Balaban J connectivity index is 2.17. The van der Waals surface area contributed by atoms with Crippen molar-refractivity contribution in [3.8, 4) is 0 Å². The van der Waals surface area contributed by atoms with Crippen LogP contribution in [0.25, 0.3) is 0 Å². The van der Waals surface area contributed by atoms with Crippen molar-refractivity contribution in [3.05, 3.63) is 0 Å². The molecule has 0 heterocycles. The maximum absolute atomic E-state index is 11.2. The third-order valence-corrected chi connectivity index (χ3v) is 3.58. The van der Waals surface area contributed by atoms with Gasteiger partial charge < -0.3 is 14.7 Å². The van der Waals surface area contributed by atoms with Gasteiger partial charge in [-0.25, -0.2) is 0 Å². The van der Waals surface area contributed by atoms with E-state index >= 15 is 0 Å². The fourth-order valence-electron chi connectivity index (χ4n) is 1.76. The highest BCUT2D eigenvalue weighted by Crippen LogP contribution is 2.28. The van der Waals surface area contributed by atoms with E-state index in [1.807, 2.05) is 18.9 Å². The van der Waals surface area contributed by atoms with E-state index in [4.69, 9.17) is 4.74 Å². The molecule has 1 rings (SSSR count). The molecule has 1 atom stereocenters. The number of rotatable bonds is 9. The minimum Gasteiger partial charge on any atom is -0.481 e. The van der Waals surface area contributed by atoms with Crippen LogP contribution in [0.1, 0.15) is 33.1 Å². The number of nitrogens with zero attached hydrogens (tertiary/aromatic N) is 1. The molecule has 0 radical (unpaired) electrons. The lowest BCUT2D eigenvalue weighted by molar-refractivity contribution is -0.149. The fourth-order valence-corrected chi connectivity index (χ4v) is 1.76. The summed E-state index contributed by atoms with van der Waals surface area (Å²) in [5.41, 5.74) is -0.648. The summed E-state index contributed by atoms with van der Waals surface area (Å²) in [5, 5.41) is 9.18. The lowest BCUT2D eigenvalue weighted by Gasteiger charge is -2.28. The van der Waals surface area contributed by atoms with E-state index in [1.165, 1.54) is 12.8 Å². The van der Waals surface area contributed by atoms with Crippen LogP contribution in [0.3, 0.4) is 0 Å². The summed E-state index contributed by atoms with van der Waals surface area (Å²) in [6.45, 7) is 6.67. The van der Waals surface area contributed by atoms with Gasteiger partial charge in [0.25, 0.3) is 0 Å². The van der Waals surface area contributed by atoms with Crippen LogP contribution in [0.15, 0.2) is 0 Å². The summed E-state index contributed by atoms with van der Waals surface area (Å²) in [4.78, 5) is 13.2. The first-order chi connectivity index (χ1) is 7.98. The Labute approximate surface area is 104 Å². The molecule has 0 aromatic carbocycles. The molecule has 1 aliphatic rings. The highest BCUT2D eigenvalue weighted by molar-refractivity contribution is 5.74. The first-order valence-corrected chi connectivity index (χ1v) is 6.47. The Morgan fingerprint density at radius 3 is 2.65 bits per heavy atom. The van der Waals surface area contributed by atoms with E-state index in [-0.39, 0.29) is 0 Å². The number of aliphatic carboxylic acids is 1. The quantitative estimate of drug-likeness (QED) is 0.628. The number of carbonyl (C=O) groups is 1. The average Bonchev–Trinajstić information content (AvgIpc) is 3.07. The molecule has 1 aliphatic carbocycles. The van der Waals surface area contributed by atoms with Crippen LogP contribution in [0, 0.1) is 11.3 Å². The van der Waals surface area contributed by atoms with Crippen LogP contribution in [-0.4, -0.2) is 49.3 Å². The zero-order valence-electron chi connectivity index (χ0n) is 11.2. The first-order valence-electron chi connectivity index (χ1n) is 6.47. The lowest BCUT2D eigenvalue weighted by Crippen LogP contribution is -2.40. The maximum atomic E-state index is 11.2. The van der Waals surface area contributed by atoms with Gasteiger partial charge in [-0.3, -0.25) is 4.79 Å². The summed E-state index contributed by atoms with van der Waals surface area (Å²) >= 11 is 0. The summed E-state index contributed by atoms with van der Waals surface area (Å²) in [6, 6.07) is 0. The molecule has 1 unspecified atom stereocenters. The fraction of sp³-hybridized carbons (Fsp3) is 0.923. The minimum absolute atomic E-state index is 0.575. The van der Waals surface area contributed by atoms with Gasteiger partial charge in [-0.15, -0.1) is 0 Å². The lowest BCUT2D eigenvalue weighted by atomic mass is 9.87. The number of carboxylic acids is 1. The van der Waals surface area contributed by atoms with E-state index in [0.29, 0.717) is 19.6 Å². The number of carboxylic acid groups (broad SMARTS) is 1. The molecule has 0 aliphatic heterocycles. The normalized spacial score (nSPS) is 19.3. The molecule has 0 saturated heterocycles. The molecule has 4 heteroatoms. The van der Waals surface area contributed by atoms with Crippen LogP contribution < -0.4 is 0 Å². The van der Waals surface area contributed by atoms with Gasteiger partial charge in [0.1, 0.15) is 0 Å². The van der Waals surface area contributed by atoms with E-state index in [9.17, 15) is 9.90 Å². The molecular formula is C13H25NO3. The number of ether oxygens (including phenoxy) is 1. The standard InChI is InChI=1S/C13H25NO3/c1-4-13(2,12(15)16)10-14(3)7-8-17-9-11-5-6-11/h11H,4-10H2,1-3H3,(H,15,16). The van der Waals surface area contributed by atoms with E-state index in [0.717, 1.165) is 19.1 Å². The molecule has 4 nitrogen and oxygen atoms in total. The zero-order chi connectivity index (χ0) is 12.9. The molecule has 1 fully saturated rings. The average molecular weight is 243 g/mol. The zero-order valence-corrected chi connectivity index (χ0v) is 11.2. The monoisotopic (exact) mass is 243 g/mol.